The first-order chi connectivity index (χ1) is 6.91. The molecular weight excluding hydrogens is 226 g/mol. The molecule has 1 N–H and O–H groups in total. The van der Waals surface area contributed by atoms with Gasteiger partial charge < -0.3 is 10.0 Å². The van der Waals surface area contributed by atoms with Gasteiger partial charge in [-0.25, -0.2) is 0 Å². The maximum Gasteiger partial charge on any atom is 0.140 e. The largest absolute Gasteiger partial charge is 0.507 e. The first kappa shape index (κ1) is 12.3. The smallest absolute Gasteiger partial charge is 0.140 e. The molecule has 4 heteroatoms. The van der Waals surface area contributed by atoms with Crippen LogP contribution >= 0.6 is 24.0 Å². The molecule has 82 valence electrons. The van der Waals surface area contributed by atoms with Crippen LogP contribution in [-0.2, 0) is 0 Å². The van der Waals surface area contributed by atoms with Crippen molar-refractivity contribution in [2.45, 2.75) is 18.7 Å². The normalized spacial score (nSPS) is 10.1. The van der Waals surface area contributed by atoms with Crippen LogP contribution in [0.1, 0.15) is 11.1 Å². The van der Waals surface area contributed by atoms with E-state index in [-0.39, 0.29) is 0 Å². The van der Waals surface area contributed by atoms with E-state index in [9.17, 15) is 5.11 Å². The van der Waals surface area contributed by atoms with Crippen molar-refractivity contribution < 1.29 is 5.11 Å². The third-order valence-corrected chi connectivity index (χ3v) is 3.66. The molecule has 0 fully saturated rings. The molecule has 0 atom stereocenters. The van der Waals surface area contributed by atoms with Crippen molar-refractivity contribution in [1.29, 1.82) is 0 Å². The van der Waals surface area contributed by atoms with Gasteiger partial charge in [0, 0.05) is 19.0 Å². The Labute approximate surface area is 100 Å². The summed E-state index contributed by atoms with van der Waals surface area (Å²) in [6, 6.07) is 3.89. The van der Waals surface area contributed by atoms with Gasteiger partial charge in [0.15, 0.2) is 0 Å². The predicted octanol–water partition coefficient (Wildman–Crippen LogP) is 2.95. The van der Waals surface area contributed by atoms with Crippen molar-refractivity contribution in [1.82, 2.24) is 4.90 Å². The first-order valence-electron chi connectivity index (χ1n) is 4.61. The molecule has 0 spiro atoms. The molecule has 0 bridgehead atoms. The van der Waals surface area contributed by atoms with Crippen LogP contribution in [0.3, 0.4) is 0 Å². The molecule has 0 saturated heterocycles. The van der Waals surface area contributed by atoms with Gasteiger partial charge >= 0.3 is 0 Å². The number of phenols is 1. The molecule has 1 rings (SSSR count). The highest BCUT2D eigenvalue weighted by molar-refractivity contribution is 8.22. The van der Waals surface area contributed by atoms with Crippen LogP contribution in [-0.4, -0.2) is 28.4 Å². The highest BCUT2D eigenvalue weighted by Gasteiger charge is 2.07. The van der Waals surface area contributed by atoms with Gasteiger partial charge in [0.05, 0.1) is 0 Å². The van der Waals surface area contributed by atoms with Crippen LogP contribution in [0.4, 0.5) is 0 Å². The number of thiocarbonyl (C=S) groups is 1. The molecule has 15 heavy (non-hydrogen) atoms. The molecule has 0 aromatic heterocycles. The standard InChI is InChI=1S/C11H15NOS2/c1-7-5-9(6-8(2)10(7)13)15-11(14)12(3)4/h5-6,13H,1-4H3. The molecule has 0 saturated carbocycles. The molecule has 1 aromatic rings. The lowest BCUT2D eigenvalue weighted by Crippen LogP contribution is -2.15. The number of hydrogen-bond acceptors (Lipinski definition) is 3. The quantitative estimate of drug-likeness (QED) is 0.603. The summed E-state index contributed by atoms with van der Waals surface area (Å²) < 4.78 is 0.819. The van der Waals surface area contributed by atoms with Crippen molar-refractivity contribution >= 4 is 28.3 Å². The number of hydrogen-bond donors (Lipinski definition) is 1. The lowest BCUT2D eigenvalue weighted by atomic mass is 10.1. The Balaban J connectivity index is 2.93. The highest BCUT2D eigenvalue weighted by atomic mass is 32.2. The fourth-order valence-electron chi connectivity index (χ4n) is 1.17. The van der Waals surface area contributed by atoms with Gasteiger partial charge in [-0.2, -0.15) is 0 Å². The van der Waals surface area contributed by atoms with Crippen molar-refractivity contribution in [2.75, 3.05) is 14.1 Å². The second-order valence-corrected chi connectivity index (χ2v) is 5.38. The second kappa shape index (κ2) is 4.86. The van der Waals surface area contributed by atoms with E-state index in [0.717, 1.165) is 20.3 Å². The summed E-state index contributed by atoms with van der Waals surface area (Å²) in [5, 5.41) is 9.62. The number of aryl methyl sites for hydroxylation is 2. The van der Waals surface area contributed by atoms with E-state index in [4.69, 9.17) is 12.2 Å². The van der Waals surface area contributed by atoms with Crippen LogP contribution in [0.15, 0.2) is 17.0 Å². The fourth-order valence-corrected chi connectivity index (χ4v) is 2.31. The van der Waals surface area contributed by atoms with Crippen LogP contribution in [0.25, 0.3) is 0 Å². The van der Waals surface area contributed by atoms with Gasteiger partial charge in [0.2, 0.25) is 0 Å². The zero-order valence-corrected chi connectivity index (χ0v) is 11.0. The van der Waals surface area contributed by atoms with E-state index in [1.807, 2.05) is 45.0 Å². The van der Waals surface area contributed by atoms with Crippen molar-refractivity contribution in [3.8, 4) is 5.75 Å². The summed E-state index contributed by atoms with van der Waals surface area (Å²) in [6.45, 7) is 3.79. The summed E-state index contributed by atoms with van der Waals surface area (Å²) in [4.78, 5) is 2.97. The minimum absolute atomic E-state index is 0.370. The number of rotatable bonds is 1. The Bertz CT molecular complexity index is 365. The summed E-state index contributed by atoms with van der Waals surface area (Å²) >= 11 is 6.74. The number of nitrogens with zero attached hydrogens (tertiary/aromatic N) is 1. The van der Waals surface area contributed by atoms with Gasteiger partial charge in [-0.1, -0.05) is 24.0 Å². The maximum absolute atomic E-state index is 9.62. The minimum atomic E-state index is 0.370. The zero-order chi connectivity index (χ0) is 11.6. The van der Waals surface area contributed by atoms with Gasteiger partial charge in [0.25, 0.3) is 0 Å². The Morgan fingerprint density at radius 3 is 2.13 bits per heavy atom. The number of aromatic hydroxyl groups is 1. The Kier molecular flexibility index (Phi) is 3.99. The average molecular weight is 241 g/mol. The molecule has 2 nitrogen and oxygen atoms in total. The van der Waals surface area contributed by atoms with E-state index in [2.05, 4.69) is 0 Å². The van der Waals surface area contributed by atoms with Crippen molar-refractivity contribution in [3.63, 3.8) is 0 Å². The monoisotopic (exact) mass is 241 g/mol. The van der Waals surface area contributed by atoms with Gasteiger partial charge in [0.1, 0.15) is 10.1 Å². The molecule has 0 unspecified atom stereocenters. The highest BCUT2D eigenvalue weighted by Crippen LogP contribution is 2.29. The van der Waals surface area contributed by atoms with Crippen LogP contribution in [0, 0.1) is 13.8 Å². The van der Waals surface area contributed by atoms with Gasteiger partial charge in [-0.3, -0.25) is 0 Å². The molecule has 0 aliphatic rings. The van der Waals surface area contributed by atoms with E-state index >= 15 is 0 Å². The van der Waals surface area contributed by atoms with Crippen LogP contribution < -0.4 is 0 Å². The molecule has 0 aliphatic heterocycles. The van der Waals surface area contributed by atoms with Gasteiger partial charge in [-0.15, -0.1) is 0 Å². The van der Waals surface area contributed by atoms with Gasteiger partial charge in [-0.05, 0) is 37.1 Å². The summed E-state index contributed by atoms with van der Waals surface area (Å²) in [5.41, 5.74) is 1.78. The van der Waals surface area contributed by atoms with Crippen molar-refractivity contribution in [3.05, 3.63) is 23.3 Å². The Morgan fingerprint density at radius 1 is 1.27 bits per heavy atom. The Morgan fingerprint density at radius 2 is 1.73 bits per heavy atom. The molecule has 0 amide bonds. The van der Waals surface area contributed by atoms with E-state index in [0.29, 0.717) is 5.75 Å². The second-order valence-electron chi connectivity index (χ2n) is 3.67. The molecule has 1 aromatic carbocycles. The van der Waals surface area contributed by atoms with E-state index < -0.39 is 0 Å². The first-order valence-corrected chi connectivity index (χ1v) is 5.83. The van der Waals surface area contributed by atoms with Crippen LogP contribution in [0.2, 0.25) is 0 Å². The number of benzene rings is 1. The lowest BCUT2D eigenvalue weighted by molar-refractivity contribution is 0.466. The molecule has 0 aliphatic carbocycles. The SMILES string of the molecule is Cc1cc(SC(=S)N(C)C)cc(C)c1O. The van der Waals surface area contributed by atoms with E-state index in [1.165, 1.54) is 11.8 Å². The maximum atomic E-state index is 9.62. The molecule has 0 radical (unpaired) electrons. The third-order valence-electron chi connectivity index (χ3n) is 2.03. The lowest BCUT2D eigenvalue weighted by Gasteiger charge is -2.13. The number of thioether (sulfide) groups is 1. The average Bonchev–Trinajstić information content (AvgIpc) is 2.13. The molecular formula is C11H15NOS2. The fraction of sp³-hybridized carbons (Fsp3) is 0.364. The summed E-state index contributed by atoms with van der Waals surface area (Å²) in [7, 11) is 3.85. The predicted molar refractivity (Wildman–Crippen MR) is 69.7 cm³/mol. The topological polar surface area (TPSA) is 23.5 Å². The third kappa shape index (κ3) is 3.11. The zero-order valence-electron chi connectivity index (χ0n) is 9.37. The van der Waals surface area contributed by atoms with E-state index in [1.54, 1.807) is 0 Å². The van der Waals surface area contributed by atoms with Crippen molar-refractivity contribution in [2.24, 2.45) is 0 Å². The Hall–Kier alpha value is -0.740. The summed E-state index contributed by atoms with van der Waals surface area (Å²) in [6.07, 6.45) is 0. The van der Waals surface area contributed by atoms with Crippen LogP contribution in [0.5, 0.6) is 5.75 Å². The molecule has 0 heterocycles. The minimum Gasteiger partial charge on any atom is -0.507 e. The number of phenolic OH excluding ortho intramolecular Hbond substituents is 1. The summed E-state index contributed by atoms with van der Waals surface area (Å²) in [5.74, 6) is 0.370.